The smallest absolute Gasteiger partial charge is 0.217 e. The average Bonchev–Trinajstić information content (AvgIpc) is 2.92. The normalized spacial score (nSPS) is 44.4. The molecule has 3 N–H and O–H groups in total. The molecule has 0 aromatic heterocycles. The highest BCUT2D eigenvalue weighted by molar-refractivity contribution is 5.74. The molecular weight excluding hydrogens is 352 g/mol. The van der Waals surface area contributed by atoms with Crippen molar-refractivity contribution in [3.05, 3.63) is 23.3 Å². The van der Waals surface area contributed by atoms with Crippen LogP contribution in [0.5, 0.6) is 0 Å². The van der Waals surface area contributed by atoms with Gasteiger partial charge >= 0.3 is 0 Å². The van der Waals surface area contributed by atoms with Crippen molar-refractivity contribution in [2.24, 2.45) is 22.7 Å². The molecule has 1 fully saturated rings. The van der Waals surface area contributed by atoms with E-state index in [1.165, 1.54) is 11.1 Å². The minimum absolute atomic E-state index is 0.0102. The lowest BCUT2D eigenvalue weighted by Crippen LogP contribution is -2.54. The molecule has 0 spiro atoms. The Morgan fingerprint density at radius 2 is 1.82 bits per heavy atom. The number of hydrogen-bond acceptors (Lipinski definition) is 3. The molecule has 5 nitrogen and oxygen atoms in total. The summed E-state index contributed by atoms with van der Waals surface area (Å²) < 4.78 is 0. The van der Waals surface area contributed by atoms with E-state index in [1.807, 2.05) is 6.08 Å². The Balaban J connectivity index is 1.78. The summed E-state index contributed by atoms with van der Waals surface area (Å²) in [6.45, 7) is 7.85. The number of allylic oxidation sites excluding steroid dienone is 2. The van der Waals surface area contributed by atoms with Crippen LogP contribution in [0.3, 0.4) is 0 Å². The van der Waals surface area contributed by atoms with E-state index in [-0.39, 0.29) is 40.8 Å². The third kappa shape index (κ3) is 2.94. The first-order chi connectivity index (χ1) is 13.1. The lowest BCUT2D eigenvalue weighted by atomic mass is 9.52. The molecule has 0 aliphatic heterocycles. The fourth-order valence-electron chi connectivity index (χ4n) is 6.90. The average molecular weight is 387 g/mol. The van der Waals surface area contributed by atoms with E-state index in [0.29, 0.717) is 11.8 Å². The summed E-state index contributed by atoms with van der Waals surface area (Å²) in [5.41, 5.74) is 2.92. The predicted octanol–water partition coefficient (Wildman–Crippen LogP) is 2.85. The highest BCUT2D eigenvalue weighted by atomic mass is 16.3. The van der Waals surface area contributed by atoms with Crippen LogP contribution in [0.4, 0.5) is 0 Å². The Labute approximate surface area is 168 Å². The standard InChI is InChI=1S/C23H34N2O3/c1-13(26)24-19-12-15-11-16(28)7-9-22(15,3)18-8-10-23(4)17(21(18)19)5-6-20(23)25-14(2)27/h7,9,15-17,19-20,28H,5-6,8,10-12H2,1-4H3,(H,24,26)(H,25,27)/t15-,16-,17-,19-,20-,22-,23-/m0/s1. The van der Waals surface area contributed by atoms with Gasteiger partial charge in [0.1, 0.15) is 0 Å². The van der Waals surface area contributed by atoms with Crippen LogP contribution in [0.2, 0.25) is 0 Å². The van der Waals surface area contributed by atoms with Crippen molar-refractivity contribution < 1.29 is 14.7 Å². The first-order valence-electron chi connectivity index (χ1n) is 10.8. The van der Waals surface area contributed by atoms with Crippen molar-refractivity contribution in [2.45, 2.75) is 84.4 Å². The Kier molecular flexibility index (Phi) is 4.72. The molecule has 0 heterocycles. The summed E-state index contributed by atoms with van der Waals surface area (Å²) in [5.74, 6) is 0.795. The number of hydrogen-bond donors (Lipinski definition) is 3. The minimum Gasteiger partial charge on any atom is -0.389 e. The number of rotatable bonds is 2. The molecule has 28 heavy (non-hydrogen) atoms. The van der Waals surface area contributed by atoms with Gasteiger partial charge in [0.05, 0.1) is 12.1 Å². The summed E-state index contributed by atoms with van der Waals surface area (Å²) >= 11 is 0. The second kappa shape index (κ2) is 6.72. The van der Waals surface area contributed by atoms with Crippen LogP contribution in [0.15, 0.2) is 23.3 Å². The van der Waals surface area contributed by atoms with Gasteiger partial charge < -0.3 is 15.7 Å². The van der Waals surface area contributed by atoms with Crippen LogP contribution in [0, 0.1) is 22.7 Å². The van der Waals surface area contributed by atoms with Gasteiger partial charge in [0.15, 0.2) is 0 Å². The van der Waals surface area contributed by atoms with Crippen LogP contribution in [-0.4, -0.2) is 35.1 Å². The van der Waals surface area contributed by atoms with Crippen LogP contribution in [0.25, 0.3) is 0 Å². The van der Waals surface area contributed by atoms with Crippen molar-refractivity contribution in [1.82, 2.24) is 10.6 Å². The van der Waals surface area contributed by atoms with Crippen molar-refractivity contribution >= 4 is 11.8 Å². The molecule has 0 unspecified atom stereocenters. The Bertz CT molecular complexity index is 757. The monoisotopic (exact) mass is 386 g/mol. The van der Waals surface area contributed by atoms with Crippen LogP contribution >= 0.6 is 0 Å². The Hall–Kier alpha value is -1.62. The quantitative estimate of drug-likeness (QED) is 0.639. The van der Waals surface area contributed by atoms with Crippen molar-refractivity contribution in [1.29, 1.82) is 0 Å². The van der Waals surface area contributed by atoms with E-state index in [2.05, 4.69) is 30.6 Å². The summed E-state index contributed by atoms with van der Waals surface area (Å²) in [5, 5.41) is 16.7. The second-order valence-corrected chi connectivity index (χ2v) is 9.95. The number of aliphatic hydroxyl groups is 1. The van der Waals surface area contributed by atoms with E-state index in [1.54, 1.807) is 13.8 Å². The molecule has 4 rings (SSSR count). The topological polar surface area (TPSA) is 78.4 Å². The molecule has 2 amide bonds. The highest BCUT2D eigenvalue weighted by Gasteiger charge is 2.57. The molecule has 0 bridgehead atoms. The van der Waals surface area contributed by atoms with Gasteiger partial charge in [0, 0.05) is 25.3 Å². The van der Waals surface area contributed by atoms with Gasteiger partial charge in [-0.3, -0.25) is 9.59 Å². The van der Waals surface area contributed by atoms with E-state index in [0.717, 1.165) is 38.5 Å². The fraction of sp³-hybridized carbons (Fsp3) is 0.739. The number of fused-ring (bicyclic) bond motifs is 4. The lowest BCUT2D eigenvalue weighted by molar-refractivity contribution is -0.120. The minimum atomic E-state index is -0.386. The third-order valence-corrected chi connectivity index (χ3v) is 8.31. The number of aliphatic hydroxyl groups excluding tert-OH is 1. The molecule has 0 aromatic rings. The summed E-state index contributed by atoms with van der Waals surface area (Å²) in [7, 11) is 0. The highest BCUT2D eigenvalue weighted by Crippen LogP contribution is 2.62. The van der Waals surface area contributed by atoms with Gasteiger partial charge in [-0.1, -0.05) is 31.6 Å². The maximum Gasteiger partial charge on any atom is 0.217 e. The largest absolute Gasteiger partial charge is 0.389 e. The Morgan fingerprint density at radius 1 is 1.11 bits per heavy atom. The summed E-state index contributed by atoms with van der Waals surface area (Å²) in [6.07, 6.45) is 9.57. The van der Waals surface area contributed by atoms with E-state index >= 15 is 0 Å². The molecule has 1 saturated carbocycles. The maximum absolute atomic E-state index is 12.0. The lowest BCUT2D eigenvalue weighted by Gasteiger charge is -2.55. The summed E-state index contributed by atoms with van der Waals surface area (Å²) in [6, 6.07) is 0.251. The molecule has 5 heteroatoms. The zero-order valence-corrected chi connectivity index (χ0v) is 17.5. The molecule has 0 saturated heterocycles. The zero-order valence-electron chi connectivity index (χ0n) is 17.5. The van der Waals surface area contributed by atoms with Gasteiger partial charge in [-0.05, 0) is 61.3 Å². The second-order valence-electron chi connectivity index (χ2n) is 9.95. The van der Waals surface area contributed by atoms with Crippen molar-refractivity contribution in [3.8, 4) is 0 Å². The van der Waals surface area contributed by atoms with E-state index in [4.69, 9.17) is 0 Å². The first kappa shape index (κ1) is 19.7. The van der Waals surface area contributed by atoms with Crippen molar-refractivity contribution in [3.63, 3.8) is 0 Å². The number of nitrogens with one attached hydrogen (secondary N) is 2. The fourth-order valence-corrected chi connectivity index (χ4v) is 6.90. The molecule has 0 aromatic carbocycles. The predicted molar refractivity (Wildman–Crippen MR) is 108 cm³/mol. The Morgan fingerprint density at radius 3 is 2.50 bits per heavy atom. The van der Waals surface area contributed by atoms with E-state index in [9.17, 15) is 14.7 Å². The molecule has 154 valence electrons. The number of carbonyl (C=O) groups excluding carboxylic acids is 2. The van der Waals surface area contributed by atoms with Gasteiger partial charge in [0.25, 0.3) is 0 Å². The zero-order chi connectivity index (χ0) is 20.3. The van der Waals surface area contributed by atoms with Gasteiger partial charge in [-0.2, -0.15) is 0 Å². The molecule has 4 aliphatic carbocycles. The summed E-state index contributed by atoms with van der Waals surface area (Å²) in [4.78, 5) is 23.8. The van der Waals surface area contributed by atoms with Gasteiger partial charge in [-0.25, -0.2) is 0 Å². The number of amides is 2. The molecular formula is C23H34N2O3. The van der Waals surface area contributed by atoms with Gasteiger partial charge in [0.2, 0.25) is 11.8 Å². The molecule has 0 radical (unpaired) electrons. The van der Waals surface area contributed by atoms with E-state index < -0.39 is 0 Å². The first-order valence-corrected chi connectivity index (χ1v) is 10.8. The maximum atomic E-state index is 12.0. The molecule has 4 aliphatic rings. The SMILES string of the molecule is CC(=O)N[C@H]1C[C@@H]2C[C@@H](O)C=C[C@]2(C)C2=C1[C@@H]1CC[C@H](NC(C)=O)[C@@]1(C)CC2. The van der Waals surface area contributed by atoms with Crippen LogP contribution in [-0.2, 0) is 9.59 Å². The van der Waals surface area contributed by atoms with Gasteiger partial charge in [-0.15, -0.1) is 0 Å². The third-order valence-electron chi connectivity index (χ3n) is 8.31. The molecule has 7 atom stereocenters. The van der Waals surface area contributed by atoms with Crippen LogP contribution < -0.4 is 10.6 Å². The van der Waals surface area contributed by atoms with Crippen LogP contribution in [0.1, 0.15) is 66.2 Å². The number of carbonyl (C=O) groups is 2. The van der Waals surface area contributed by atoms with Crippen molar-refractivity contribution in [2.75, 3.05) is 0 Å².